The second kappa shape index (κ2) is 9.24. The molecule has 0 saturated heterocycles. The lowest BCUT2D eigenvalue weighted by atomic mass is 10.1. The Morgan fingerprint density at radius 3 is 2.70 bits per heavy atom. The Kier molecular flexibility index (Phi) is 6.04. The SMILES string of the molecule is Cc1cc(C)cc(Oc2nc3ccccn3c(=O)c2/C=C(\C#N)C(=O)NCc2ccco2)c1. The van der Waals surface area contributed by atoms with Gasteiger partial charge in [-0.15, -0.1) is 0 Å². The summed E-state index contributed by atoms with van der Waals surface area (Å²) in [4.78, 5) is 30.3. The van der Waals surface area contributed by atoms with Gasteiger partial charge >= 0.3 is 0 Å². The van der Waals surface area contributed by atoms with E-state index in [0.717, 1.165) is 11.1 Å². The third-order valence-electron chi connectivity index (χ3n) is 4.80. The zero-order valence-corrected chi connectivity index (χ0v) is 18.0. The molecule has 0 bridgehead atoms. The molecule has 3 heterocycles. The number of carbonyl (C=O) groups excluding carboxylic acids is 1. The van der Waals surface area contributed by atoms with Gasteiger partial charge in [-0.1, -0.05) is 12.1 Å². The van der Waals surface area contributed by atoms with Crippen molar-refractivity contribution in [3.63, 3.8) is 0 Å². The minimum Gasteiger partial charge on any atom is -0.467 e. The highest BCUT2D eigenvalue weighted by Gasteiger charge is 2.17. The largest absolute Gasteiger partial charge is 0.467 e. The molecule has 0 aliphatic carbocycles. The molecule has 0 fully saturated rings. The van der Waals surface area contributed by atoms with Gasteiger partial charge in [0.1, 0.15) is 34.4 Å². The Hall–Kier alpha value is -4.64. The third-order valence-corrected chi connectivity index (χ3v) is 4.80. The van der Waals surface area contributed by atoms with Crippen LogP contribution in [0, 0.1) is 25.2 Å². The number of fused-ring (bicyclic) bond motifs is 1. The number of nitriles is 1. The number of hydrogen-bond donors (Lipinski definition) is 1. The molecule has 8 nitrogen and oxygen atoms in total. The summed E-state index contributed by atoms with van der Waals surface area (Å²) in [6, 6.07) is 16.0. The van der Waals surface area contributed by atoms with Crippen molar-refractivity contribution in [2.75, 3.05) is 0 Å². The number of nitrogens with zero attached hydrogens (tertiary/aromatic N) is 3. The van der Waals surface area contributed by atoms with Gasteiger partial charge in [-0.2, -0.15) is 10.2 Å². The maximum Gasteiger partial charge on any atom is 0.269 e. The van der Waals surface area contributed by atoms with Crippen LogP contribution < -0.4 is 15.6 Å². The van der Waals surface area contributed by atoms with Gasteiger partial charge in [-0.05, 0) is 67.4 Å². The van der Waals surface area contributed by atoms with Gasteiger partial charge in [0.15, 0.2) is 0 Å². The van der Waals surface area contributed by atoms with Crippen LogP contribution in [0.25, 0.3) is 11.7 Å². The lowest BCUT2D eigenvalue weighted by Crippen LogP contribution is -2.24. The summed E-state index contributed by atoms with van der Waals surface area (Å²) in [5.41, 5.74) is 1.60. The summed E-state index contributed by atoms with van der Waals surface area (Å²) >= 11 is 0. The fraction of sp³-hybridized carbons (Fsp3) is 0.120. The predicted molar refractivity (Wildman–Crippen MR) is 122 cm³/mol. The second-order valence-corrected chi connectivity index (χ2v) is 7.42. The van der Waals surface area contributed by atoms with E-state index in [0.29, 0.717) is 17.2 Å². The Morgan fingerprint density at radius 2 is 2.00 bits per heavy atom. The van der Waals surface area contributed by atoms with Gasteiger partial charge < -0.3 is 14.5 Å². The molecular formula is C25H20N4O4. The quantitative estimate of drug-likeness (QED) is 0.359. The first-order valence-corrected chi connectivity index (χ1v) is 10.1. The monoisotopic (exact) mass is 440 g/mol. The lowest BCUT2D eigenvalue weighted by molar-refractivity contribution is -0.117. The topological polar surface area (TPSA) is 110 Å². The highest BCUT2D eigenvalue weighted by molar-refractivity contribution is 6.01. The first-order chi connectivity index (χ1) is 15.9. The highest BCUT2D eigenvalue weighted by atomic mass is 16.5. The number of nitrogens with one attached hydrogen (secondary N) is 1. The van der Waals surface area contributed by atoms with Crippen LogP contribution in [0.3, 0.4) is 0 Å². The molecule has 4 rings (SSSR count). The van der Waals surface area contributed by atoms with E-state index in [1.54, 1.807) is 36.5 Å². The number of aryl methyl sites for hydroxylation is 2. The molecule has 1 N–H and O–H groups in total. The third kappa shape index (κ3) is 4.83. The van der Waals surface area contributed by atoms with Crippen molar-refractivity contribution in [1.29, 1.82) is 5.26 Å². The van der Waals surface area contributed by atoms with Crippen LogP contribution in [0.2, 0.25) is 0 Å². The number of carbonyl (C=O) groups is 1. The molecule has 4 aromatic rings. The fourth-order valence-electron chi connectivity index (χ4n) is 3.36. The first kappa shape index (κ1) is 21.6. The molecular weight excluding hydrogens is 420 g/mol. The van der Waals surface area contributed by atoms with Crippen LogP contribution in [0.5, 0.6) is 11.6 Å². The van der Waals surface area contributed by atoms with E-state index in [1.165, 1.54) is 16.7 Å². The van der Waals surface area contributed by atoms with E-state index in [-0.39, 0.29) is 23.6 Å². The lowest BCUT2D eigenvalue weighted by Gasteiger charge is -2.11. The van der Waals surface area contributed by atoms with Crippen molar-refractivity contribution < 1.29 is 13.9 Å². The van der Waals surface area contributed by atoms with Gasteiger partial charge in [-0.25, -0.2) is 0 Å². The van der Waals surface area contributed by atoms with Crippen LogP contribution >= 0.6 is 0 Å². The summed E-state index contributed by atoms with van der Waals surface area (Å²) in [7, 11) is 0. The van der Waals surface area contributed by atoms with E-state index < -0.39 is 11.5 Å². The summed E-state index contributed by atoms with van der Waals surface area (Å²) in [6.07, 6.45) is 4.25. The molecule has 0 atom stereocenters. The van der Waals surface area contributed by atoms with Crippen molar-refractivity contribution in [2.45, 2.75) is 20.4 Å². The minimum atomic E-state index is -0.649. The molecule has 0 aliphatic heterocycles. The van der Waals surface area contributed by atoms with Gasteiger partial charge in [0.05, 0.1) is 12.8 Å². The smallest absolute Gasteiger partial charge is 0.269 e. The number of pyridine rings is 1. The molecule has 0 saturated carbocycles. The van der Waals surface area contributed by atoms with E-state index >= 15 is 0 Å². The molecule has 164 valence electrons. The average Bonchev–Trinajstić information content (AvgIpc) is 3.30. The molecule has 33 heavy (non-hydrogen) atoms. The van der Waals surface area contributed by atoms with Crippen LogP contribution in [-0.2, 0) is 11.3 Å². The van der Waals surface area contributed by atoms with E-state index in [2.05, 4.69) is 10.3 Å². The normalized spacial score (nSPS) is 11.2. The number of benzene rings is 1. The minimum absolute atomic E-state index is 0.00258. The standard InChI is InChI=1S/C25H20N4O4/c1-16-10-17(2)12-20(11-16)33-24-21(25(31)29-8-4-3-7-22(29)28-24)13-18(14-26)23(30)27-15-19-6-5-9-32-19/h3-13H,15H2,1-2H3,(H,27,30)/b18-13+. The maximum absolute atomic E-state index is 13.2. The molecule has 1 aromatic carbocycles. The second-order valence-electron chi connectivity index (χ2n) is 7.42. The predicted octanol–water partition coefficient (Wildman–Crippen LogP) is 3.92. The van der Waals surface area contributed by atoms with Crippen molar-refractivity contribution in [3.05, 3.63) is 99.4 Å². The zero-order chi connectivity index (χ0) is 23.4. The van der Waals surface area contributed by atoms with Gasteiger partial charge in [0.2, 0.25) is 5.88 Å². The Morgan fingerprint density at radius 1 is 1.21 bits per heavy atom. The van der Waals surface area contributed by atoms with Gasteiger partial charge in [-0.3, -0.25) is 14.0 Å². The van der Waals surface area contributed by atoms with E-state index in [4.69, 9.17) is 9.15 Å². The van der Waals surface area contributed by atoms with Crippen molar-refractivity contribution in [3.8, 4) is 17.7 Å². The number of rotatable bonds is 6. The summed E-state index contributed by atoms with van der Waals surface area (Å²) in [6.45, 7) is 3.97. The van der Waals surface area contributed by atoms with Gasteiger partial charge in [0, 0.05) is 6.20 Å². The molecule has 0 radical (unpaired) electrons. The first-order valence-electron chi connectivity index (χ1n) is 10.1. The number of ether oxygens (including phenoxy) is 1. The summed E-state index contributed by atoms with van der Waals surface area (Å²) in [5, 5.41) is 12.2. The van der Waals surface area contributed by atoms with E-state index in [1.807, 2.05) is 38.1 Å². The Bertz CT molecular complexity index is 1440. The zero-order valence-electron chi connectivity index (χ0n) is 18.0. The molecule has 1 amide bonds. The molecule has 8 heteroatoms. The Labute approximate surface area is 189 Å². The van der Waals surface area contributed by atoms with Crippen molar-refractivity contribution >= 4 is 17.6 Å². The average molecular weight is 440 g/mol. The maximum atomic E-state index is 13.2. The van der Waals surface area contributed by atoms with Crippen LogP contribution in [-0.4, -0.2) is 15.3 Å². The van der Waals surface area contributed by atoms with Crippen molar-refractivity contribution in [1.82, 2.24) is 14.7 Å². The van der Waals surface area contributed by atoms with Gasteiger partial charge in [0.25, 0.3) is 11.5 Å². The fourth-order valence-corrected chi connectivity index (χ4v) is 3.36. The molecule has 3 aromatic heterocycles. The molecule has 0 unspecified atom stereocenters. The number of aromatic nitrogens is 2. The highest BCUT2D eigenvalue weighted by Crippen LogP contribution is 2.26. The van der Waals surface area contributed by atoms with Crippen LogP contribution in [0.15, 0.2) is 75.8 Å². The summed E-state index contributed by atoms with van der Waals surface area (Å²) < 4.78 is 12.5. The summed E-state index contributed by atoms with van der Waals surface area (Å²) in [5.74, 6) is 0.383. The Balaban J connectivity index is 1.77. The van der Waals surface area contributed by atoms with Crippen molar-refractivity contribution in [2.24, 2.45) is 0 Å². The van der Waals surface area contributed by atoms with E-state index in [9.17, 15) is 14.9 Å². The number of furan rings is 1. The molecule has 0 spiro atoms. The molecule has 0 aliphatic rings. The number of hydrogen-bond acceptors (Lipinski definition) is 6. The van der Waals surface area contributed by atoms with Crippen LogP contribution in [0.4, 0.5) is 0 Å². The number of amides is 1. The van der Waals surface area contributed by atoms with Crippen LogP contribution in [0.1, 0.15) is 22.5 Å².